The van der Waals surface area contributed by atoms with E-state index in [1.807, 2.05) is 50.4 Å². The molecule has 3 nitrogen and oxygen atoms in total. The van der Waals surface area contributed by atoms with Gasteiger partial charge in [-0.15, -0.1) is 0 Å². The molecule has 1 N–H and O–H groups in total. The predicted octanol–water partition coefficient (Wildman–Crippen LogP) is 2.57. The molecule has 0 heterocycles. The van der Waals surface area contributed by atoms with Crippen molar-refractivity contribution in [3.05, 3.63) is 30.3 Å². The van der Waals surface area contributed by atoms with Gasteiger partial charge in [0.25, 0.3) is 0 Å². The van der Waals surface area contributed by atoms with Crippen molar-refractivity contribution in [2.45, 2.75) is 20.0 Å². The lowest BCUT2D eigenvalue weighted by molar-refractivity contribution is -0.124. The van der Waals surface area contributed by atoms with Gasteiger partial charge in [0.1, 0.15) is 11.9 Å². The summed E-state index contributed by atoms with van der Waals surface area (Å²) in [5, 5.41) is 2.91. The average molecular weight is 267 g/mol. The van der Waals surface area contributed by atoms with E-state index in [9.17, 15) is 4.79 Å². The Morgan fingerprint density at radius 1 is 1.33 bits per heavy atom. The molecule has 0 saturated heterocycles. The maximum Gasteiger partial charge on any atom is 0.223 e. The minimum Gasteiger partial charge on any atom is -0.489 e. The van der Waals surface area contributed by atoms with Crippen molar-refractivity contribution in [2.24, 2.45) is 5.92 Å². The van der Waals surface area contributed by atoms with Crippen LogP contribution in [0.2, 0.25) is 0 Å². The minimum atomic E-state index is -0.0298. The summed E-state index contributed by atoms with van der Waals surface area (Å²) in [5.41, 5.74) is 0. The van der Waals surface area contributed by atoms with Crippen molar-refractivity contribution < 1.29 is 9.53 Å². The third-order valence-electron chi connectivity index (χ3n) is 2.51. The fraction of sp³-hybridized carbons (Fsp3) is 0.500. The Balaban J connectivity index is 2.29. The normalized spacial score (nSPS) is 13.7. The first-order chi connectivity index (χ1) is 8.63. The maximum absolute atomic E-state index is 11.7. The van der Waals surface area contributed by atoms with Gasteiger partial charge in [-0.05, 0) is 25.3 Å². The van der Waals surface area contributed by atoms with Gasteiger partial charge in [-0.25, -0.2) is 0 Å². The van der Waals surface area contributed by atoms with Gasteiger partial charge in [0.15, 0.2) is 0 Å². The molecule has 0 unspecified atom stereocenters. The molecule has 0 spiro atoms. The molecule has 1 aromatic carbocycles. The molecular formula is C14H21NO2S. The van der Waals surface area contributed by atoms with Gasteiger partial charge in [-0.1, -0.05) is 25.1 Å². The number of benzene rings is 1. The molecule has 0 aliphatic carbocycles. The summed E-state index contributed by atoms with van der Waals surface area (Å²) in [4.78, 5) is 11.7. The number of carbonyl (C=O) groups is 1. The van der Waals surface area contributed by atoms with E-state index in [1.165, 1.54) is 0 Å². The van der Waals surface area contributed by atoms with Gasteiger partial charge >= 0.3 is 0 Å². The molecule has 0 radical (unpaired) electrons. The van der Waals surface area contributed by atoms with Crippen LogP contribution in [0.3, 0.4) is 0 Å². The minimum absolute atomic E-state index is 0.0298. The summed E-state index contributed by atoms with van der Waals surface area (Å²) in [6, 6.07) is 9.63. The van der Waals surface area contributed by atoms with Crippen LogP contribution in [0.5, 0.6) is 5.75 Å². The standard InChI is InChI=1S/C14H21NO2S/c1-11(10-18-3)14(16)15-9-12(2)17-13-7-5-4-6-8-13/h4-8,11-12H,9-10H2,1-3H3,(H,15,16)/t11-,12+/m0/s1. The number of rotatable bonds is 7. The summed E-state index contributed by atoms with van der Waals surface area (Å²) >= 11 is 1.68. The third-order valence-corrected chi connectivity index (χ3v) is 3.34. The Morgan fingerprint density at radius 3 is 2.61 bits per heavy atom. The average Bonchev–Trinajstić information content (AvgIpc) is 2.37. The molecule has 0 bridgehead atoms. The summed E-state index contributed by atoms with van der Waals surface area (Å²) in [6.07, 6.45) is 1.98. The first kappa shape index (κ1) is 14.9. The van der Waals surface area contributed by atoms with E-state index in [0.29, 0.717) is 6.54 Å². The molecule has 100 valence electrons. The van der Waals surface area contributed by atoms with Crippen molar-refractivity contribution in [3.63, 3.8) is 0 Å². The van der Waals surface area contributed by atoms with Crippen LogP contribution in [0.25, 0.3) is 0 Å². The van der Waals surface area contributed by atoms with Crippen LogP contribution >= 0.6 is 11.8 Å². The SMILES string of the molecule is CSC[C@H](C)C(=O)NC[C@@H](C)Oc1ccccc1. The highest BCUT2D eigenvalue weighted by Gasteiger charge is 2.13. The van der Waals surface area contributed by atoms with Crippen LogP contribution in [0, 0.1) is 5.92 Å². The highest BCUT2D eigenvalue weighted by Crippen LogP contribution is 2.10. The van der Waals surface area contributed by atoms with Crippen molar-refractivity contribution in [1.29, 1.82) is 0 Å². The Kier molecular flexibility index (Phi) is 6.65. The smallest absolute Gasteiger partial charge is 0.223 e. The van der Waals surface area contributed by atoms with Crippen LogP contribution in [-0.2, 0) is 4.79 Å². The molecule has 1 amide bonds. The molecule has 1 aromatic rings. The zero-order chi connectivity index (χ0) is 13.4. The second-order valence-corrected chi connectivity index (χ2v) is 5.25. The highest BCUT2D eigenvalue weighted by atomic mass is 32.2. The first-order valence-electron chi connectivity index (χ1n) is 6.11. The van der Waals surface area contributed by atoms with E-state index in [0.717, 1.165) is 11.5 Å². The lowest BCUT2D eigenvalue weighted by Gasteiger charge is -2.17. The lowest BCUT2D eigenvalue weighted by Crippen LogP contribution is -2.37. The highest BCUT2D eigenvalue weighted by molar-refractivity contribution is 7.98. The Morgan fingerprint density at radius 2 is 2.00 bits per heavy atom. The van der Waals surface area contributed by atoms with E-state index in [1.54, 1.807) is 11.8 Å². The quantitative estimate of drug-likeness (QED) is 0.825. The van der Waals surface area contributed by atoms with Crippen molar-refractivity contribution in [2.75, 3.05) is 18.6 Å². The third kappa shape index (κ3) is 5.45. The fourth-order valence-corrected chi connectivity index (χ4v) is 2.17. The first-order valence-corrected chi connectivity index (χ1v) is 7.51. The summed E-state index contributed by atoms with van der Waals surface area (Å²) in [7, 11) is 0. The van der Waals surface area contributed by atoms with Crippen LogP contribution < -0.4 is 10.1 Å². The Bertz CT molecular complexity index is 356. The topological polar surface area (TPSA) is 38.3 Å². The molecule has 0 aliphatic rings. The van der Waals surface area contributed by atoms with Crippen LogP contribution in [0.4, 0.5) is 0 Å². The Labute approximate surface area is 113 Å². The molecule has 2 atom stereocenters. The number of para-hydroxylation sites is 1. The van der Waals surface area contributed by atoms with E-state index in [2.05, 4.69) is 5.32 Å². The molecule has 18 heavy (non-hydrogen) atoms. The van der Waals surface area contributed by atoms with Gasteiger partial charge in [-0.2, -0.15) is 11.8 Å². The number of amides is 1. The number of ether oxygens (including phenoxy) is 1. The number of carbonyl (C=O) groups excluding carboxylic acids is 1. The summed E-state index contributed by atoms with van der Waals surface area (Å²) < 4.78 is 5.68. The molecular weight excluding hydrogens is 246 g/mol. The maximum atomic E-state index is 11.7. The summed E-state index contributed by atoms with van der Waals surface area (Å²) in [6.45, 7) is 4.42. The zero-order valence-corrected chi connectivity index (χ0v) is 12.0. The number of hydrogen-bond acceptors (Lipinski definition) is 3. The largest absolute Gasteiger partial charge is 0.489 e. The predicted molar refractivity (Wildman–Crippen MR) is 77.1 cm³/mol. The molecule has 0 aliphatic heterocycles. The molecule has 0 saturated carbocycles. The van der Waals surface area contributed by atoms with Gasteiger partial charge in [0.2, 0.25) is 5.91 Å². The zero-order valence-electron chi connectivity index (χ0n) is 11.2. The number of hydrogen-bond donors (Lipinski definition) is 1. The van der Waals surface area contributed by atoms with Crippen molar-refractivity contribution in [1.82, 2.24) is 5.32 Å². The summed E-state index contributed by atoms with van der Waals surface area (Å²) in [5.74, 6) is 1.81. The molecule has 0 aromatic heterocycles. The van der Waals surface area contributed by atoms with Gasteiger partial charge < -0.3 is 10.1 Å². The van der Waals surface area contributed by atoms with Crippen LogP contribution in [0.1, 0.15) is 13.8 Å². The Hall–Kier alpha value is -1.16. The monoisotopic (exact) mass is 267 g/mol. The van der Waals surface area contributed by atoms with Gasteiger partial charge in [0.05, 0.1) is 6.54 Å². The van der Waals surface area contributed by atoms with E-state index in [4.69, 9.17) is 4.74 Å². The second kappa shape index (κ2) is 8.03. The lowest BCUT2D eigenvalue weighted by atomic mass is 10.2. The van der Waals surface area contributed by atoms with Gasteiger partial charge in [0, 0.05) is 11.7 Å². The molecule has 1 rings (SSSR count). The van der Waals surface area contributed by atoms with Crippen molar-refractivity contribution >= 4 is 17.7 Å². The van der Waals surface area contributed by atoms with E-state index < -0.39 is 0 Å². The van der Waals surface area contributed by atoms with Crippen LogP contribution in [0.15, 0.2) is 30.3 Å². The van der Waals surface area contributed by atoms with E-state index in [-0.39, 0.29) is 17.9 Å². The number of thioether (sulfide) groups is 1. The van der Waals surface area contributed by atoms with Crippen LogP contribution in [-0.4, -0.2) is 30.6 Å². The second-order valence-electron chi connectivity index (χ2n) is 4.34. The fourth-order valence-electron chi connectivity index (χ4n) is 1.52. The number of nitrogens with one attached hydrogen (secondary N) is 1. The molecule has 0 fully saturated rings. The van der Waals surface area contributed by atoms with Crippen molar-refractivity contribution in [3.8, 4) is 5.75 Å². The molecule has 4 heteroatoms. The van der Waals surface area contributed by atoms with Gasteiger partial charge in [-0.3, -0.25) is 4.79 Å². The van der Waals surface area contributed by atoms with E-state index >= 15 is 0 Å².